The molecule has 3 atom stereocenters. The molecule has 0 bridgehead atoms. The smallest absolute Gasteiger partial charge is 0.245 e. The number of rotatable bonds is 12. The highest BCUT2D eigenvalue weighted by Crippen LogP contribution is 2.34. The average molecular weight is 534 g/mol. The maximum absolute atomic E-state index is 13.7. The number of amides is 3. The number of carbonyl (C=O) groups excluding carboxylic acids is 3. The first-order valence-corrected chi connectivity index (χ1v) is 14.6. The SMILES string of the molecule is CCCC(C(N)=O)C(CC1CCCC1)C(=O)N[C@H]1CCCCN(Cc2cccc(Oc3ccccc3)c2)C1=O. The fourth-order valence-electron chi connectivity index (χ4n) is 6.14. The fourth-order valence-corrected chi connectivity index (χ4v) is 6.14. The van der Waals surface area contributed by atoms with Crippen LogP contribution in [0.5, 0.6) is 11.5 Å². The second kappa shape index (κ2) is 14.2. The predicted molar refractivity (Wildman–Crippen MR) is 152 cm³/mol. The molecule has 2 fully saturated rings. The molecule has 0 aromatic heterocycles. The molecule has 1 saturated heterocycles. The number of para-hydroxylation sites is 1. The summed E-state index contributed by atoms with van der Waals surface area (Å²) >= 11 is 0. The van der Waals surface area contributed by atoms with Crippen molar-refractivity contribution < 1.29 is 19.1 Å². The average Bonchev–Trinajstić information content (AvgIpc) is 3.39. The van der Waals surface area contributed by atoms with E-state index in [4.69, 9.17) is 10.5 Å². The van der Waals surface area contributed by atoms with Crippen LogP contribution in [0.2, 0.25) is 0 Å². The van der Waals surface area contributed by atoms with Gasteiger partial charge in [0.1, 0.15) is 17.5 Å². The number of likely N-dealkylation sites (tertiary alicyclic amines) is 1. The Morgan fingerprint density at radius 2 is 1.69 bits per heavy atom. The summed E-state index contributed by atoms with van der Waals surface area (Å²) < 4.78 is 5.98. The van der Waals surface area contributed by atoms with Gasteiger partial charge >= 0.3 is 0 Å². The molecule has 39 heavy (non-hydrogen) atoms. The lowest BCUT2D eigenvalue weighted by atomic mass is 9.80. The van der Waals surface area contributed by atoms with E-state index in [1.54, 1.807) is 0 Å². The molecule has 2 aliphatic rings. The van der Waals surface area contributed by atoms with Gasteiger partial charge in [0.05, 0.1) is 0 Å². The van der Waals surface area contributed by atoms with Crippen molar-refractivity contribution >= 4 is 17.7 Å². The largest absolute Gasteiger partial charge is 0.457 e. The Morgan fingerprint density at radius 3 is 2.41 bits per heavy atom. The molecule has 2 aromatic carbocycles. The van der Waals surface area contributed by atoms with Crippen LogP contribution in [0.1, 0.15) is 76.7 Å². The Hall–Kier alpha value is -3.35. The van der Waals surface area contributed by atoms with Crippen LogP contribution in [0.25, 0.3) is 0 Å². The zero-order chi connectivity index (χ0) is 27.6. The third-order valence-corrected chi connectivity index (χ3v) is 8.20. The molecule has 7 heteroatoms. The van der Waals surface area contributed by atoms with Crippen LogP contribution in [0.4, 0.5) is 0 Å². The standard InChI is InChI=1S/C32H43N3O4/c1-2-11-27(30(33)36)28(21-23-12-6-7-13-23)31(37)34-29-18-8-9-19-35(32(29)38)22-24-14-10-17-26(20-24)39-25-15-4-3-5-16-25/h3-5,10,14-17,20,23,27-29H,2,6-9,11-13,18-19,21-22H2,1H3,(H2,33,36)(H,34,37)/t27?,28?,29-/m0/s1. The van der Waals surface area contributed by atoms with E-state index < -0.39 is 23.8 Å². The predicted octanol–water partition coefficient (Wildman–Crippen LogP) is 5.57. The lowest BCUT2D eigenvalue weighted by molar-refractivity contribution is -0.139. The molecule has 2 unspecified atom stereocenters. The quantitative estimate of drug-likeness (QED) is 0.372. The normalized spacial score (nSPS) is 19.8. The Morgan fingerprint density at radius 1 is 0.974 bits per heavy atom. The van der Waals surface area contributed by atoms with Crippen LogP contribution < -0.4 is 15.8 Å². The van der Waals surface area contributed by atoms with Gasteiger partial charge in [0.2, 0.25) is 17.7 Å². The Balaban J connectivity index is 1.44. The van der Waals surface area contributed by atoms with E-state index in [1.165, 1.54) is 12.8 Å². The minimum absolute atomic E-state index is 0.0686. The zero-order valence-corrected chi connectivity index (χ0v) is 23.1. The Kier molecular flexibility index (Phi) is 10.4. The fraction of sp³-hybridized carbons (Fsp3) is 0.531. The van der Waals surface area contributed by atoms with Crippen molar-refractivity contribution in [1.82, 2.24) is 10.2 Å². The summed E-state index contributed by atoms with van der Waals surface area (Å²) in [5.41, 5.74) is 6.76. The summed E-state index contributed by atoms with van der Waals surface area (Å²) in [5.74, 6) is 0.245. The number of primary amides is 1. The van der Waals surface area contributed by atoms with E-state index in [0.29, 0.717) is 44.0 Å². The maximum Gasteiger partial charge on any atom is 0.245 e. The number of carbonyl (C=O) groups is 3. The van der Waals surface area contributed by atoms with Gasteiger partial charge in [0.15, 0.2) is 0 Å². The molecular weight excluding hydrogens is 490 g/mol. The van der Waals surface area contributed by atoms with Crippen LogP contribution in [-0.4, -0.2) is 35.2 Å². The number of hydrogen-bond acceptors (Lipinski definition) is 4. The number of nitrogens with two attached hydrogens (primary N) is 1. The monoisotopic (exact) mass is 533 g/mol. The van der Waals surface area contributed by atoms with Crippen LogP contribution in [0.3, 0.4) is 0 Å². The van der Waals surface area contributed by atoms with Crippen LogP contribution in [0, 0.1) is 17.8 Å². The lowest BCUT2D eigenvalue weighted by Crippen LogP contribution is -2.50. The lowest BCUT2D eigenvalue weighted by Gasteiger charge is -2.29. The topological polar surface area (TPSA) is 102 Å². The van der Waals surface area contributed by atoms with Gasteiger partial charge in [0, 0.05) is 24.9 Å². The zero-order valence-electron chi connectivity index (χ0n) is 23.1. The van der Waals surface area contributed by atoms with E-state index in [0.717, 1.165) is 43.4 Å². The van der Waals surface area contributed by atoms with Crippen molar-refractivity contribution in [3.63, 3.8) is 0 Å². The summed E-state index contributed by atoms with van der Waals surface area (Å²) in [7, 11) is 0. The van der Waals surface area contributed by atoms with Crippen molar-refractivity contribution in [2.45, 2.75) is 83.7 Å². The van der Waals surface area contributed by atoms with E-state index in [2.05, 4.69) is 5.32 Å². The Bertz CT molecular complexity index is 1100. The van der Waals surface area contributed by atoms with Gasteiger partial charge in [-0.1, -0.05) is 69.4 Å². The van der Waals surface area contributed by atoms with Crippen molar-refractivity contribution in [3.05, 3.63) is 60.2 Å². The third kappa shape index (κ3) is 8.07. The molecule has 0 spiro atoms. The van der Waals surface area contributed by atoms with Gasteiger partial charge in [-0.3, -0.25) is 14.4 Å². The molecule has 2 aromatic rings. The molecule has 1 heterocycles. The summed E-state index contributed by atoms with van der Waals surface area (Å²) in [5, 5.41) is 3.07. The van der Waals surface area contributed by atoms with Crippen LogP contribution in [-0.2, 0) is 20.9 Å². The van der Waals surface area contributed by atoms with E-state index in [1.807, 2.05) is 66.4 Å². The summed E-state index contributed by atoms with van der Waals surface area (Å²) in [6, 6.07) is 16.8. The van der Waals surface area contributed by atoms with E-state index in [-0.39, 0.29) is 11.8 Å². The Labute approximate surface area is 232 Å². The molecule has 3 N–H and O–H groups in total. The minimum atomic E-state index is -0.593. The number of nitrogens with one attached hydrogen (secondary N) is 1. The van der Waals surface area contributed by atoms with E-state index in [9.17, 15) is 14.4 Å². The number of ether oxygens (including phenoxy) is 1. The van der Waals surface area contributed by atoms with Crippen molar-refractivity contribution in [1.29, 1.82) is 0 Å². The number of benzene rings is 2. The van der Waals surface area contributed by atoms with Gasteiger partial charge in [0.25, 0.3) is 0 Å². The van der Waals surface area contributed by atoms with Crippen LogP contribution in [0.15, 0.2) is 54.6 Å². The highest BCUT2D eigenvalue weighted by atomic mass is 16.5. The summed E-state index contributed by atoms with van der Waals surface area (Å²) in [4.78, 5) is 41.5. The maximum atomic E-state index is 13.7. The number of hydrogen-bond donors (Lipinski definition) is 2. The second-order valence-electron chi connectivity index (χ2n) is 11.2. The third-order valence-electron chi connectivity index (χ3n) is 8.20. The van der Waals surface area contributed by atoms with Gasteiger partial charge in [-0.2, -0.15) is 0 Å². The highest BCUT2D eigenvalue weighted by molar-refractivity contribution is 5.91. The summed E-state index contributed by atoms with van der Waals surface area (Å²) in [6.07, 6.45) is 8.88. The molecule has 1 aliphatic carbocycles. The van der Waals surface area contributed by atoms with Crippen molar-refractivity contribution in [2.24, 2.45) is 23.5 Å². The van der Waals surface area contributed by atoms with Gasteiger partial charge in [-0.15, -0.1) is 0 Å². The first kappa shape index (κ1) is 28.7. The molecule has 0 radical (unpaired) electrons. The first-order chi connectivity index (χ1) is 18.9. The molecule has 3 amide bonds. The molecule has 1 saturated carbocycles. The second-order valence-corrected chi connectivity index (χ2v) is 11.2. The molecule has 1 aliphatic heterocycles. The van der Waals surface area contributed by atoms with Gasteiger partial charge in [-0.25, -0.2) is 0 Å². The van der Waals surface area contributed by atoms with Gasteiger partial charge < -0.3 is 20.7 Å². The molecule has 210 valence electrons. The minimum Gasteiger partial charge on any atom is -0.457 e. The van der Waals surface area contributed by atoms with Crippen molar-refractivity contribution in [2.75, 3.05) is 6.54 Å². The van der Waals surface area contributed by atoms with Crippen molar-refractivity contribution in [3.8, 4) is 11.5 Å². The number of nitrogens with zero attached hydrogens (tertiary/aromatic N) is 1. The van der Waals surface area contributed by atoms with E-state index >= 15 is 0 Å². The van der Waals surface area contributed by atoms with Gasteiger partial charge in [-0.05, 0) is 67.9 Å². The molecule has 7 nitrogen and oxygen atoms in total. The molecule has 4 rings (SSSR count). The van der Waals surface area contributed by atoms with Crippen LogP contribution >= 0.6 is 0 Å². The summed E-state index contributed by atoms with van der Waals surface area (Å²) in [6.45, 7) is 3.09. The highest BCUT2D eigenvalue weighted by Gasteiger charge is 2.37. The molecular formula is C32H43N3O4. The first-order valence-electron chi connectivity index (χ1n) is 14.6.